The first-order chi connectivity index (χ1) is 18.8. The van der Waals surface area contributed by atoms with E-state index in [1.165, 1.54) is 72.8 Å². The highest BCUT2D eigenvalue weighted by Gasteiger charge is 2.30. The maximum atomic E-state index is 2.44. The first kappa shape index (κ1) is 34.1. The van der Waals surface area contributed by atoms with Crippen LogP contribution in [0.4, 0.5) is 0 Å². The van der Waals surface area contributed by atoms with Crippen molar-refractivity contribution < 1.29 is 0 Å². The summed E-state index contributed by atoms with van der Waals surface area (Å²) in [4.78, 5) is 0. The van der Waals surface area contributed by atoms with Gasteiger partial charge in [0.15, 0.2) is 0 Å². The summed E-state index contributed by atoms with van der Waals surface area (Å²) in [6.45, 7) is 23.4. The Morgan fingerprint density at radius 1 is 0.825 bits per heavy atom. The molecule has 0 unspecified atom stereocenters. The molecule has 0 nitrogen and oxygen atoms in total. The second kappa shape index (κ2) is 16.4. The standard InChI is InChI=1S/C40H62/c1-31(19-13-21-33(3)25-27-37-35(5)23-15-29-39(37,7)8)17-11-12-18-32(2)20-14-22-34(4)26-28-38-36(6)24-16-30-40(38,9)10/h13,17-19,21-22,24,26,28,38H,11-12,14-16,20,23,25,27,29-30H2,1-10H3/b19-13+,28-26+,31-17+,32-18+,33-21+,34-22+/t38-/m0/s1. The Labute approximate surface area is 249 Å². The van der Waals surface area contributed by atoms with Gasteiger partial charge in [-0.2, -0.15) is 0 Å². The van der Waals surface area contributed by atoms with Gasteiger partial charge in [0.05, 0.1) is 0 Å². The Bertz CT molecular complexity index is 1070. The Morgan fingerprint density at radius 2 is 1.50 bits per heavy atom. The molecule has 2 aliphatic rings. The van der Waals surface area contributed by atoms with E-state index in [9.17, 15) is 0 Å². The number of unbranched alkanes of at least 4 members (excludes halogenated alkanes) is 1. The zero-order valence-corrected chi connectivity index (χ0v) is 28.1. The maximum Gasteiger partial charge on any atom is 0.00285 e. The van der Waals surface area contributed by atoms with Gasteiger partial charge >= 0.3 is 0 Å². The van der Waals surface area contributed by atoms with Crippen LogP contribution in [0.1, 0.15) is 140 Å². The fourth-order valence-electron chi connectivity index (χ4n) is 6.63. The van der Waals surface area contributed by atoms with E-state index in [1.54, 1.807) is 11.1 Å². The molecule has 0 aromatic heterocycles. The summed E-state index contributed by atoms with van der Waals surface area (Å²) in [6.07, 6.45) is 34.7. The van der Waals surface area contributed by atoms with Crippen LogP contribution in [0, 0.1) is 16.7 Å². The molecule has 0 aliphatic heterocycles. The lowest BCUT2D eigenvalue weighted by Gasteiger charge is -2.36. The summed E-state index contributed by atoms with van der Waals surface area (Å²) in [6, 6.07) is 0. The van der Waals surface area contributed by atoms with Crippen LogP contribution in [-0.2, 0) is 0 Å². The Balaban J connectivity index is 1.72. The van der Waals surface area contributed by atoms with Crippen LogP contribution in [-0.4, -0.2) is 0 Å². The normalized spacial score (nSPS) is 22.9. The van der Waals surface area contributed by atoms with Crippen molar-refractivity contribution in [2.45, 2.75) is 140 Å². The summed E-state index contributed by atoms with van der Waals surface area (Å²) in [7, 11) is 0. The molecule has 0 fully saturated rings. The summed E-state index contributed by atoms with van der Waals surface area (Å²) < 4.78 is 0. The largest absolute Gasteiger partial charge is 0.0853 e. The molecule has 0 heteroatoms. The molecule has 0 radical (unpaired) electrons. The number of allylic oxidation sites excluding steroid dienone is 16. The van der Waals surface area contributed by atoms with E-state index >= 15 is 0 Å². The average Bonchev–Trinajstić information content (AvgIpc) is 2.85. The molecule has 0 aromatic rings. The maximum absolute atomic E-state index is 2.44. The van der Waals surface area contributed by atoms with Crippen molar-refractivity contribution in [3.05, 3.63) is 93.7 Å². The molecule has 0 spiro atoms. The van der Waals surface area contributed by atoms with Crippen LogP contribution in [0.3, 0.4) is 0 Å². The van der Waals surface area contributed by atoms with E-state index in [4.69, 9.17) is 0 Å². The molecule has 2 rings (SSSR count). The summed E-state index contributed by atoms with van der Waals surface area (Å²) >= 11 is 0. The number of hydrogen-bond acceptors (Lipinski definition) is 0. The zero-order valence-electron chi connectivity index (χ0n) is 28.1. The minimum Gasteiger partial charge on any atom is -0.0853 e. The molecule has 0 saturated heterocycles. The molecule has 0 aromatic carbocycles. The summed E-state index contributed by atoms with van der Waals surface area (Å²) in [5, 5.41) is 0. The minimum absolute atomic E-state index is 0.371. The van der Waals surface area contributed by atoms with Crippen molar-refractivity contribution in [3.8, 4) is 0 Å². The van der Waals surface area contributed by atoms with Crippen molar-refractivity contribution >= 4 is 0 Å². The molecular formula is C40H62. The average molecular weight is 543 g/mol. The molecule has 1 atom stereocenters. The summed E-state index contributed by atoms with van der Waals surface area (Å²) in [5.74, 6) is 0.568. The molecule has 0 heterocycles. The van der Waals surface area contributed by atoms with E-state index in [1.807, 2.05) is 0 Å². The van der Waals surface area contributed by atoms with Gasteiger partial charge in [0, 0.05) is 5.92 Å². The van der Waals surface area contributed by atoms with E-state index < -0.39 is 0 Å². The van der Waals surface area contributed by atoms with Gasteiger partial charge in [0.25, 0.3) is 0 Å². The number of rotatable bonds is 13. The van der Waals surface area contributed by atoms with Crippen LogP contribution >= 0.6 is 0 Å². The third-order valence-electron chi connectivity index (χ3n) is 9.46. The predicted octanol–water partition coefficient (Wildman–Crippen LogP) is 13.1. The fourth-order valence-corrected chi connectivity index (χ4v) is 6.63. The molecule has 0 bridgehead atoms. The van der Waals surface area contributed by atoms with Crippen molar-refractivity contribution in [2.24, 2.45) is 16.7 Å². The van der Waals surface area contributed by atoms with Crippen LogP contribution in [0.25, 0.3) is 0 Å². The Hall–Kier alpha value is -2.08. The molecular weight excluding hydrogens is 480 g/mol. The quantitative estimate of drug-likeness (QED) is 0.123. The molecule has 0 saturated carbocycles. The Kier molecular flexibility index (Phi) is 14.0. The fraction of sp³-hybridized carbons (Fsp3) is 0.600. The summed E-state index contributed by atoms with van der Waals surface area (Å²) in [5.41, 5.74) is 11.4. The van der Waals surface area contributed by atoms with Gasteiger partial charge in [0.1, 0.15) is 0 Å². The third kappa shape index (κ3) is 11.8. The van der Waals surface area contributed by atoms with Gasteiger partial charge in [-0.15, -0.1) is 0 Å². The van der Waals surface area contributed by atoms with Crippen molar-refractivity contribution in [1.29, 1.82) is 0 Å². The van der Waals surface area contributed by atoms with Crippen LogP contribution in [0.15, 0.2) is 93.7 Å². The lowest BCUT2D eigenvalue weighted by Crippen LogP contribution is -2.26. The van der Waals surface area contributed by atoms with E-state index in [-0.39, 0.29) is 0 Å². The predicted molar refractivity (Wildman–Crippen MR) is 182 cm³/mol. The molecule has 0 N–H and O–H groups in total. The van der Waals surface area contributed by atoms with E-state index in [2.05, 4.69) is 124 Å². The molecule has 40 heavy (non-hydrogen) atoms. The van der Waals surface area contributed by atoms with Crippen molar-refractivity contribution in [3.63, 3.8) is 0 Å². The second-order valence-corrected chi connectivity index (χ2v) is 14.2. The number of hydrogen-bond donors (Lipinski definition) is 0. The monoisotopic (exact) mass is 542 g/mol. The van der Waals surface area contributed by atoms with E-state index in [0.717, 1.165) is 25.7 Å². The van der Waals surface area contributed by atoms with Gasteiger partial charge < -0.3 is 0 Å². The highest BCUT2D eigenvalue weighted by Crippen LogP contribution is 2.43. The van der Waals surface area contributed by atoms with Gasteiger partial charge in [-0.05, 0) is 123 Å². The topological polar surface area (TPSA) is 0 Å². The van der Waals surface area contributed by atoms with Crippen LogP contribution in [0.5, 0.6) is 0 Å². The lowest BCUT2D eigenvalue weighted by molar-refractivity contribution is 0.255. The van der Waals surface area contributed by atoms with Gasteiger partial charge in [-0.25, -0.2) is 0 Å². The highest BCUT2D eigenvalue weighted by atomic mass is 14.4. The van der Waals surface area contributed by atoms with Gasteiger partial charge in [-0.3, -0.25) is 0 Å². The van der Waals surface area contributed by atoms with Gasteiger partial charge in [0.2, 0.25) is 0 Å². The minimum atomic E-state index is 0.371. The SMILES string of the molecule is CC1=CCCC(C)(C)[C@H]1/C=C/C(C)=C/CC/C(C)=C/CC/C=C(C)/C=C/C=C(\C)CCC1=C(C)CCCC1(C)C. The lowest BCUT2D eigenvalue weighted by atomic mass is 9.68. The molecule has 2 aliphatic carbocycles. The van der Waals surface area contributed by atoms with Crippen LogP contribution in [0.2, 0.25) is 0 Å². The van der Waals surface area contributed by atoms with Crippen molar-refractivity contribution in [1.82, 2.24) is 0 Å². The second-order valence-electron chi connectivity index (χ2n) is 14.2. The molecule has 0 amide bonds. The van der Waals surface area contributed by atoms with Crippen molar-refractivity contribution in [2.75, 3.05) is 0 Å². The first-order valence-electron chi connectivity index (χ1n) is 16.2. The zero-order chi connectivity index (χ0) is 29.8. The smallest absolute Gasteiger partial charge is 0.00285 e. The van der Waals surface area contributed by atoms with Crippen LogP contribution < -0.4 is 0 Å². The van der Waals surface area contributed by atoms with E-state index in [0.29, 0.717) is 16.7 Å². The van der Waals surface area contributed by atoms with Gasteiger partial charge in [-0.1, -0.05) is 121 Å². The highest BCUT2D eigenvalue weighted by molar-refractivity contribution is 5.26. The first-order valence-corrected chi connectivity index (χ1v) is 16.2. The third-order valence-corrected chi connectivity index (χ3v) is 9.46. The molecule has 222 valence electrons. The Morgan fingerprint density at radius 3 is 2.20 bits per heavy atom.